The Morgan fingerprint density at radius 1 is 0.800 bits per heavy atom. The second-order valence-corrected chi connectivity index (χ2v) is 5.52. The predicted octanol–water partition coefficient (Wildman–Crippen LogP) is 3.90. The van der Waals surface area contributed by atoms with Gasteiger partial charge in [0.05, 0.1) is 0 Å². The lowest BCUT2D eigenvalue weighted by molar-refractivity contribution is 0.437. The summed E-state index contributed by atoms with van der Waals surface area (Å²) in [5, 5.41) is 11.2. The molecule has 4 nitrogen and oxygen atoms in total. The van der Waals surface area contributed by atoms with Gasteiger partial charge in [-0.3, -0.25) is 0 Å². The summed E-state index contributed by atoms with van der Waals surface area (Å²) in [6.45, 7) is 3.15. The van der Waals surface area contributed by atoms with Crippen molar-refractivity contribution in [3.8, 4) is 0 Å². The van der Waals surface area contributed by atoms with Crippen molar-refractivity contribution >= 4 is 0 Å². The minimum Gasteiger partial charge on any atom is -0.425 e. The van der Waals surface area contributed by atoms with E-state index in [1.807, 2.05) is 7.05 Å². The molecule has 0 unspecified atom stereocenters. The maximum absolute atomic E-state index is 5.60. The van der Waals surface area contributed by atoms with E-state index < -0.39 is 0 Å². The van der Waals surface area contributed by atoms with Crippen LogP contribution in [0.2, 0.25) is 0 Å². The molecule has 0 spiro atoms. The zero-order valence-corrected chi connectivity index (χ0v) is 13.3. The summed E-state index contributed by atoms with van der Waals surface area (Å²) >= 11 is 0. The smallest absolute Gasteiger partial charge is 0.217 e. The van der Waals surface area contributed by atoms with Crippen molar-refractivity contribution in [3.63, 3.8) is 0 Å². The maximum atomic E-state index is 5.60. The monoisotopic (exact) mass is 281 g/mol. The molecule has 0 saturated heterocycles. The van der Waals surface area contributed by atoms with Crippen LogP contribution in [0.4, 0.5) is 0 Å². The van der Waals surface area contributed by atoms with Crippen LogP contribution >= 0.6 is 0 Å². The molecule has 1 aromatic heterocycles. The number of hydrogen-bond acceptors (Lipinski definition) is 4. The van der Waals surface area contributed by atoms with E-state index in [-0.39, 0.29) is 0 Å². The Morgan fingerprint density at radius 2 is 1.35 bits per heavy atom. The fraction of sp³-hybridized carbons (Fsp3) is 0.875. The third-order valence-corrected chi connectivity index (χ3v) is 3.59. The molecule has 0 atom stereocenters. The molecule has 20 heavy (non-hydrogen) atoms. The number of likely N-dealkylation sites (N-methyl/N-ethyl adjacent to an activating group) is 1. The number of aryl methyl sites for hydroxylation is 1. The Hall–Kier alpha value is -0.900. The van der Waals surface area contributed by atoms with Crippen molar-refractivity contribution in [2.75, 3.05) is 13.6 Å². The van der Waals surface area contributed by atoms with E-state index >= 15 is 0 Å². The quantitative estimate of drug-likeness (QED) is 0.557. The molecule has 1 N–H and O–H groups in total. The lowest BCUT2D eigenvalue weighted by Gasteiger charge is -2.00. The van der Waals surface area contributed by atoms with Gasteiger partial charge in [-0.25, -0.2) is 0 Å². The minimum absolute atomic E-state index is 0.755. The van der Waals surface area contributed by atoms with E-state index in [0.29, 0.717) is 0 Å². The molecule has 0 amide bonds. The summed E-state index contributed by atoms with van der Waals surface area (Å²) in [6, 6.07) is 0. The molecule has 4 heteroatoms. The highest BCUT2D eigenvalue weighted by Crippen LogP contribution is 2.11. The summed E-state index contributed by atoms with van der Waals surface area (Å²) in [6.07, 6.45) is 13.9. The van der Waals surface area contributed by atoms with Crippen LogP contribution in [0.1, 0.15) is 76.5 Å². The fourth-order valence-corrected chi connectivity index (χ4v) is 2.31. The van der Waals surface area contributed by atoms with Crippen LogP contribution in [0.25, 0.3) is 0 Å². The molecule has 116 valence electrons. The van der Waals surface area contributed by atoms with Crippen LogP contribution < -0.4 is 5.32 Å². The fourth-order valence-electron chi connectivity index (χ4n) is 2.31. The molecule has 0 radical (unpaired) electrons. The van der Waals surface area contributed by atoms with E-state index in [1.165, 1.54) is 57.8 Å². The van der Waals surface area contributed by atoms with Gasteiger partial charge in [-0.05, 0) is 13.5 Å². The number of hydrogen-bond donors (Lipinski definition) is 1. The first-order chi connectivity index (χ1) is 9.86. The van der Waals surface area contributed by atoms with Crippen LogP contribution in [0.15, 0.2) is 4.42 Å². The molecule has 0 aromatic carbocycles. The lowest BCUT2D eigenvalue weighted by atomic mass is 10.1. The number of nitrogens with zero attached hydrogens (tertiary/aromatic N) is 2. The summed E-state index contributed by atoms with van der Waals surface area (Å²) in [5.41, 5.74) is 0. The van der Waals surface area contributed by atoms with E-state index in [4.69, 9.17) is 4.42 Å². The normalized spacial score (nSPS) is 11.1. The van der Waals surface area contributed by atoms with Gasteiger partial charge in [-0.2, -0.15) is 0 Å². The topological polar surface area (TPSA) is 51.0 Å². The molecule has 0 saturated carbocycles. The lowest BCUT2D eigenvalue weighted by Crippen LogP contribution is -2.10. The Kier molecular flexibility index (Phi) is 10.2. The first kappa shape index (κ1) is 17.2. The van der Waals surface area contributed by atoms with Crippen molar-refractivity contribution in [2.45, 2.75) is 77.6 Å². The van der Waals surface area contributed by atoms with E-state index in [0.717, 1.165) is 31.2 Å². The highest BCUT2D eigenvalue weighted by atomic mass is 16.4. The Balaban J connectivity index is 1.94. The van der Waals surface area contributed by atoms with E-state index in [9.17, 15) is 0 Å². The molecule has 0 aliphatic heterocycles. The largest absolute Gasteiger partial charge is 0.425 e. The first-order valence-corrected chi connectivity index (χ1v) is 8.32. The molecule has 1 heterocycles. The van der Waals surface area contributed by atoms with Crippen molar-refractivity contribution in [3.05, 3.63) is 11.8 Å². The molecule has 0 aliphatic carbocycles. The van der Waals surface area contributed by atoms with Crippen molar-refractivity contribution in [1.29, 1.82) is 0 Å². The van der Waals surface area contributed by atoms with E-state index in [2.05, 4.69) is 22.4 Å². The van der Waals surface area contributed by atoms with Gasteiger partial charge in [0, 0.05) is 19.4 Å². The third-order valence-electron chi connectivity index (χ3n) is 3.59. The third kappa shape index (κ3) is 8.31. The number of nitrogens with one attached hydrogen (secondary N) is 1. The number of aromatic nitrogens is 2. The van der Waals surface area contributed by atoms with Gasteiger partial charge < -0.3 is 9.73 Å². The standard InChI is InChI=1S/C16H31N3O/c1-3-4-5-6-7-8-9-10-11-12-15-18-19-16(20-15)13-14-17-2/h17H,3-14H2,1-2H3. The zero-order valence-electron chi connectivity index (χ0n) is 13.3. The van der Waals surface area contributed by atoms with Gasteiger partial charge in [0.2, 0.25) is 11.8 Å². The van der Waals surface area contributed by atoms with Crippen molar-refractivity contribution in [2.24, 2.45) is 0 Å². The van der Waals surface area contributed by atoms with Gasteiger partial charge in [-0.1, -0.05) is 58.3 Å². The van der Waals surface area contributed by atoms with Gasteiger partial charge in [0.1, 0.15) is 0 Å². The van der Waals surface area contributed by atoms with Gasteiger partial charge in [0.25, 0.3) is 0 Å². The zero-order chi connectivity index (χ0) is 14.5. The summed E-state index contributed by atoms with van der Waals surface area (Å²) in [5.74, 6) is 1.56. The van der Waals surface area contributed by atoms with Crippen LogP contribution in [-0.2, 0) is 12.8 Å². The second-order valence-electron chi connectivity index (χ2n) is 5.52. The van der Waals surface area contributed by atoms with Crippen molar-refractivity contribution in [1.82, 2.24) is 15.5 Å². The SMILES string of the molecule is CCCCCCCCCCCc1nnc(CCNC)o1. The maximum Gasteiger partial charge on any atom is 0.217 e. The minimum atomic E-state index is 0.755. The second kappa shape index (κ2) is 11.9. The average Bonchev–Trinajstić information content (AvgIpc) is 2.91. The Bertz CT molecular complexity index is 325. The Labute approximate surface area is 123 Å². The highest BCUT2D eigenvalue weighted by molar-refractivity contribution is 4.82. The summed E-state index contributed by atoms with van der Waals surface area (Å²) in [7, 11) is 1.93. The number of rotatable bonds is 13. The van der Waals surface area contributed by atoms with Crippen LogP contribution in [-0.4, -0.2) is 23.8 Å². The van der Waals surface area contributed by atoms with Crippen molar-refractivity contribution < 1.29 is 4.42 Å². The van der Waals surface area contributed by atoms with Gasteiger partial charge in [0.15, 0.2) is 0 Å². The molecule has 0 fully saturated rings. The molecular weight excluding hydrogens is 250 g/mol. The molecular formula is C16H31N3O. The molecule has 0 aliphatic rings. The van der Waals surface area contributed by atoms with Crippen LogP contribution in [0, 0.1) is 0 Å². The number of unbranched alkanes of at least 4 members (excludes halogenated alkanes) is 8. The van der Waals surface area contributed by atoms with Crippen LogP contribution in [0.5, 0.6) is 0 Å². The van der Waals surface area contributed by atoms with Gasteiger partial charge >= 0.3 is 0 Å². The molecule has 1 rings (SSSR count). The highest BCUT2D eigenvalue weighted by Gasteiger charge is 2.04. The Morgan fingerprint density at radius 3 is 1.95 bits per heavy atom. The predicted molar refractivity (Wildman–Crippen MR) is 82.9 cm³/mol. The average molecular weight is 281 g/mol. The molecule has 1 aromatic rings. The summed E-state index contributed by atoms with van der Waals surface area (Å²) in [4.78, 5) is 0. The van der Waals surface area contributed by atoms with Gasteiger partial charge in [-0.15, -0.1) is 10.2 Å². The van der Waals surface area contributed by atoms with Crippen LogP contribution in [0.3, 0.4) is 0 Å². The molecule has 0 bridgehead atoms. The first-order valence-electron chi connectivity index (χ1n) is 8.32. The van der Waals surface area contributed by atoms with E-state index in [1.54, 1.807) is 0 Å². The summed E-state index contributed by atoms with van der Waals surface area (Å²) < 4.78 is 5.60.